The van der Waals surface area contributed by atoms with E-state index in [1.165, 1.54) is 25.9 Å². The molecule has 0 aromatic carbocycles. The minimum atomic E-state index is -0.143. The van der Waals surface area contributed by atoms with Crippen LogP contribution in [0.5, 0.6) is 0 Å². The Kier molecular flexibility index (Phi) is 4.14. The summed E-state index contributed by atoms with van der Waals surface area (Å²) >= 11 is 0. The van der Waals surface area contributed by atoms with Crippen LogP contribution < -0.4 is 10.9 Å². The van der Waals surface area contributed by atoms with Gasteiger partial charge in [0.15, 0.2) is 5.82 Å². The fourth-order valence-electron chi connectivity index (χ4n) is 2.22. The highest BCUT2D eigenvalue weighted by Gasteiger charge is 2.16. The minimum absolute atomic E-state index is 0.143. The summed E-state index contributed by atoms with van der Waals surface area (Å²) in [6.45, 7) is 3.21. The number of nitrogens with zero attached hydrogens (tertiary/aromatic N) is 2. The molecule has 94 valence electrons. The molecule has 0 radical (unpaired) electrons. The monoisotopic (exact) mass is 236 g/mol. The molecule has 1 aromatic rings. The van der Waals surface area contributed by atoms with Gasteiger partial charge in [0.1, 0.15) is 0 Å². The SMILES string of the molecule is CN1CCC(CCNc2ncc[nH]c2=O)CC1. The molecule has 1 aliphatic heterocycles. The zero-order valence-electron chi connectivity index (χ0n) is 10.3. The van der Waals surface area contributed by atoms with E-state index in [1.807, 2.05) is 0 Å². The molecule has 1 aliphatic rings. The van der Waals surface area contributed by atoms with Crippen molar-refractivity contribution in [1.29, 1.82) is 0 Å². The number of hydrogen-bond donors (Lipinski definition) is 2. The zero-order valence-corrected chi connectivity index (χ0v) is 10.3. The second-order valence-electron chi connectivity index (χ2n) is 4.73. The lowest BCUT2D eigenvalue weighted by Gasteiger charge is -2.28. The lowest BCUT2D eigenvalue weighted by molar-refractivity contribution is 0.215. The molecule has 5 heteroatoms. The first kappa shape index (κ1) is 12.1. The first-order valence-electron chi connectivity index (χ1n) is 6.22. The summed E-state index contributed by atoms with van der Waals surface area (Å²) in [6.07, 6.45) is 6.78. The quantitative estimate of drug-likeness (QED) is 0.816. The van der Waals surface area contributed by atoms with E-state index in [4.69, 9.17) is 0 Å². The first-order chi connectivity index (χ1) is 8.25. The third-order valence-corrected chi connectivity index (χ3v) is 3.39. The summed E-state index contributed by atoms with van der Waals surface area (Å²) in [5.74, 6) is 1.21. The van der Waals surface area contributed by atoms with Crippen LogP contribution in [-0.4, -0.2) is 41.5 Å². The van der Waals surface area contributed by atoms with Crippen LogP contribution in [-0.2, 0) is 0 Å². The normalized spacial score (nSPS) is 18.2. The summed E-state index contributed by atoms with van der Waals surface area (Å²) in [6, 6.07) is 0. The van der Waals surface area contributed by atoms with E-state index in [9.17, 15) is 4.79 Å². The van der Waals surface area contributed by atoms with E-state index in [-0.39, 0.29) is 5.56 Å². The summed E-state index contributed by atoms with van der Waals surface area (Å²) in [4.78, 5) is 20.3. The predicted molar refractivity (Wildman–Crippen MR) is 68.2 cm³/mol. The minimum Gasteiger partial charge on any atom is -0.365 e. The standard InChI is InChI=1S/C12H20N4O/c1-16-8-3-10(4-9-16)2-5-13-11-12(17)15-7-6-14-11/h6-7,10H,2-5,8-9H2,1H3,(H,13,14)(H,15,17). The van der Waals surface area contributed by atoms with E-state index >= 15 is 0 Å². The molecule has 1 saturated heterocycles. The highest BCUT2D eigenvalue weighted by Crippen LogP contribution is 2.18. The second kappa shape index (κ2) is 5.82. The molecular formula is C12H20N4O. The van der Waals surface area contributed by atoms with E-state index in [1.54, 1.807) is 12.4 Å². The smallest absolute Gasteiger partial charge is 0.290 e. The molecule has 0 unspecified atom stereocenters. The van der Waals surface area contributed by atoms with Crippen LogP contribution in [0, 0.1) is 5.92 Å². The highest BCUT2D eigenvalue weighted by molar-refractivity contribution is 5.29. The second-order valence-corrected chi connectivity index (χ2v) is 4.73. The third-order valence-electron chi connectivity index (χ3n) is 3.39. The van der Waals surface area contributed by atoms with E-state index in [0.717, 1.165) is 18.9 Å². The van der Waals surface area contributed by atoms with Crippen LogP contribution >= 0.6 is 0 Å². The lowest BCUT2D eigenvalue weighted by atomic mass is 9.94. The summed E-state index contributed by atoms with van der Waals surface area (Å²) in [5.41, 5.74) is -0.143. The van der Waals surface area contributed by atoms with Crippen molar-refractivity contribution in [3.8, 4) is 0 Å². The molecule has 2 heterocycles. The zero-order chi connectivity index (χ0) is 12.1. The van der Waals surface area contributed by atoms with Gasteiger partial charge >= 0.3 is 0 Å². The predicted octanol–water partition coefficient (Wildman–Crippen LogP) is 0.914. The number of anilines is 1. The van der Waals surface area contributed by atoms with Gasteiger partial charge in [-0.25, -0.2) is 4.98 Å². The number of aromatic nitrogens is 2. The van der Waals surface area contributed by atoms with Gasteiger partial charge in [0, 0.05) is 18.9 Å². The average molecular weight is 236 g/mol. The Hall–Kier alpha value is -1.36. The Labute approximate surface area is 101 Å². The van der Waals surface area contributed by atoms with Crippen molar-refractivity contribution < 1.29 is 0 Å². The fourth-order valence-corrected chi connectivity index (χ4v) is 2.22. The van der Waals surface area contributed by atoms with E-state index < -0.39 is 0 Å². The Bertz CT molecular complexity index is 395. The maximum absolute atomic E-state index is 11.4. The fraction of sp³-hybridized carbons (Fsp3) is 0.667. The van der Waals surface area contributed by atoms with Crippen molar-refractivity contribution in [3.63, 3.8) is 0 Å². The van der Waals surface area contributed by atoms with Gasteiger partial charge in [-0.05, 0) is 45.3 Å². The highest BCUT2D eigenvalue weighted by atomic mass is 16.1. The molecule has 0 aliphatic carbocycles. The Morgan fingerprint density at radius 2 is 2.29 bits per heavy atom. The molecule has 0 spiro atoms. The van der Waals surface area contributed by atoms with Crippen molar-refractivity contribution in [3.05, 3.63) is 22.7 Å². The maximum atomic E-state index is 11.4. The number of likely N-dealkylation sites (tertiary alicyclic amines) is 1. The van der Waals surface area contributed by atoms with E-state index in [0.29, 0.717) is 5.82 Å². The maximum Gasteiger partial charge on any atom is 0.290 e. The molecule has 0 amide bonds. The van der Waals surface area contributed by atoms with Crippen molar-refractivity contribution in [2.75, 3.05) is 32.0 Å². The number of aromatic amines is 1. The van der Waals surface area contributed by atoms with Gasteiger partial charge in [0.25, 0.3) is 5.56 Å². The molecule has 2 N–H and O–H groups in total. The third kappa shape index (κ3) is 3.56. The Morgan fingerprint density at radius 3 is 3.00 bits per heavy atom. The van der Waals surface area contributed by atoms with Crippen molar-refractivity contribution in [2.24, 2.45) is 5.92 Å². The van der Waals surface area contributed by atoms with Crippen LogP contribution in [0.15, 0.2) is 17.2 Å². The Morgan fingerprint density at radius 1 is 1.53 bits per heavy atom. The van der Waals surface area contributed by atoms with Gasteiger partial charge < -0.3 is 15.2 Å². The molecule has 0 bridgehead atoms. The van der Waals surface area contributed by atoms with Crippen LogP contribution in [0.3, 0.4) is 0 Å². The molecule has 1 fully saturated rings. The van der Waals surface area contributed by atoms with Crippen LogP contribution in [0.4, 0.5) is 5.82 Å². The summed E-state index contributed by atoms with van der Waals surface area (Å²) in [7, 11) is 2.17. The largest absolute Gasteiger partial charge is 0.365 e. The molecule has 0 saturated carbocycles. The summed E-state index contributed by atoms with van der Waals surface area (Å²) < 4.78 is 0. The molecule has 17 heavy (non-hydrogen) atoms. The molecular weight excluding hydrogens is 216 g/mol. The van der Waals surface area contributed by atoms with Gasteiger partial charge in [-0.15, -0.1) is 0 Å². The van der Waals surface area contributed by atoms with Gasteiger partial charge in [0.05, 0.1) is 0 Å². The number of rotatable bonds is 4. The number of H-pyrrole nitrogens is 1. The Balaban J connectivity index is 1.73. The molecule has 1 aromatic heterocycles. The van der Waals surface area contributed by atoms with Gasteiger partial charge in [-0.2, -0.15) is 0 Å². The number of nitrogens with one attached hydrogen (secondary N) is 2. The van der Waals surface area contributed by atoms with Gasteiger partial charge in [-0.1, -0.05) is 0 Å². The number of hydrogen-bond acceptors (Lipinski definition) is 4. The van der Waals surface area contributed by atoms with Crippen molar-refractivity contribution in [2.45, 2.75) is 19.3 Å². The van der Waals surface area contributed by atoms with Crippen LogP contribution in [0.25, 0.3) is 0 Å². The number of piperidine rings is 1. The van der Waals surface area contributed by atoms with E-state index in [2.05, 4.69) is 27.2 Å². The lowest BCUT2D eigenvalue weighted by Crippen LogP contribution is -2.31. The molecule has 2 rings (SSSR count). The van der Waals surface area contributed by atoms with Crippen molar-refractivity contribution >= 4 is 5.82 Å². The molecule has 0 atom stereocenters. The first-order valence-corrected chi connectivity index (χ1v) is 6.22. The van der Waals surface area contributed by atoms with Gasteiger partial charge in [-0.3, -0.25) is 4.79 Å². The topological polar surface area (TPSA) is 61.0 Å². The van der Waals surface area contributed by atoms with Crippen LogP contribution in [0.1, 0.15) is 19.3 Å². The molecule has 5 nitrogen and oxygen atoms in total. The summed E-state index contributed by atoms with van der Waals surface area (Å²) in [5, 5.41) is 3.10. The average Bonchev–Trinajstić information content (AvgIpc) is 2.34. The van der Waals surface area contributed by atoms with Gasteiger partial charge in [0.2, 0.25) is 0 Å². The van der Waals surface area contributed by atoms with Crippen molar-refractivity contribution in [1.82, 2.24) is 14.9 Å². The van der Waals surface area contributed by atoms with Crippen LogP contribution in [0.2, 0.25) is 0 Å².